The fraction of sp³-hybridized carbons (Fsp3) is 0. The summed E-state index contributed by atoms with van der Waals surface area (Å²) < 4.78 is 27.4. The second-order valence-electron chi connectivity index (χ2n) is 3.56. The van der Waals surface area contributed by atoms with Gasteiger partial charge in [0, 0.05) is 6.07 Å². The van der Waals surface area contributed by atoms with Crippen LogP contribution in [0.3, 0.4) is 0 Å². The number of nitrogens with zero attached hydrogens (tertiary/aromatic N) is 2. The number of hydrogen-bond donors (Lipinski definition) is 2. The lowest BCUT2D eigenvalue weighted by atomic mass is 10.1. The van der Waals surface area contributed by atoms with Gasteiger partial charge < -0.3 is 10.1 Å². The standard InChI is InChI=1S/C10H4F2IN3O4/c11-3-1-2-4(16(19)20)6(12)5(3)8-14-9(17)7(13)10(18)15-8/h1-2H,(H2,14,15,17,18). The third-order valence-corrected chi connectivity index (χ3v) is 3.32. The predicted molar refractivity (Wildman–Crippen MR) is 71.2 cm³/mol. The van der Waals surface area contributed by atoms with Crippen molar-refractivity contribution < 1.29 is 18.8 Å². The quantitative estimate of drug-likeness (QED) is 0.459. The molecule has 2 aromatic rings. The van der Waals surface area contributed by atoms with Crippen molar-refractivity contribution in [3.8, 4) is 17.3 Å². The van der Waals surface area contributed by atoms with E-state index in [4.69, 9.17) is 0 Å². The lowest BCUT2D eigenvalue weighted by Gasteiger charge is -2.05. The number of benzene rings is 1. The molecule has 1 aromatic carbocycles. The van der Waals surface area contributed by atoms with Crippen molar-refractivity contribution in [2.24, 2.45) is 0 Å². The molecule has 0 amide bonds. The molecule has 0 aliphatic heterocycles. The monoisotopic (exact) mass is 395 g/mol. The summed E-state index contributed by atoms with van der Waals surface area (Å²) >= 11 is 1.49. The Morgan fingerprint density at radius 2 is 2.05 bits per heavy atom. The first-order valence-electron chi connectivity index (χ1n) is 4.94. The van der Waals surface area contributed by atoms with Gasteiger partial charge in [-0.3, -0.25) is 14.9 Å². The van der Waals surface area contributed by atoms with Crippen molar-refractivity contribution in [1.29, 1.82) is 0 Å². The third-order valence-electron chi connectivity index (χ3n) is 2.35. The van der Waals surface area contributed by atoms with E-state index in [2.05, 4.69) is 4.98 Å². The molecular weight excluding hydrogens is 391 g/mol. The molecule has 0 saturated heterocycles. The Morgan fingerprint density at radius 1 is 1.40 bits per heavy atom. The van der Waals surface area contributed by atoms with Crippen LogP contribution in [0.4, 0.5) is 14.5 Å². The molecule has 2 N–H and O–H groups in total. The van der Waals surface area contributed by atoms with Gasteiger partial charge in [-0.05, 0) is 28.7 Å². The summed E-state index contributed by atoms with van der Waals surface area (Å²) in [6.45, 7) is 0. The maximum absolute atomic E-state index is 13.9. The summed E-state index contributed by atoms with van der Waals surface area (Å²) in [5.41, 5.74) is -2.68. The lowest BCUT2D eigenvalue weighted by molar-refractivity contribution is -0.387. The van der Waals surface area contributed by atoms with Gasteiger partial charge in [0.05, 0.1) is 10.5 Å². The van der Waals surface area contributed by atoms with E-state index in [9.17, 15) is 28.8 Å². The van der Waals surface area contributed by atoms with E-state index in [0.717, 1.165) is 0 Å². The Balaban J connectivity index is 2.79. The van der Waals surface area contributed by atoms with Crippen LogP contribution >= 0.6 is 22.6 Å². The van der Waals surface area contributed by atoms with Crippen LogP contribution in [0.15, 0.2) is 16.9 Å². The van der Waals surface area contributed by atoms with Gasteiger partial charge in [-0.2, -0.15) is 9.37 Å². The zero-order valence-corrected chi connectivity index (χ0v) is 11.5. The van der Waals surface area contributed by atoms with Crippen LogP contribution in [0.25, 0.3) is 11.4 Å². The Hall–Kier alpha value is -2.11. The number of hydrogen-bond acceptors (Lipinski definition) is 5. The molecule has 2 rings (SSSR count). The van der Waals surface area contributed by atoms with Gasteiger partial charge in [0.15, 0.2) is 0 Å². The molecular formula is C10H4F2IN3O4. The number of nitrogens with one attached hydrogen (secondary N) is 1. The summed E-state index contributed by atoms with van der Waals surface area (Å²) in [6, 6.07) is 1.32. The summed E-state index contributed by atoms with van der Waals surface area (Å²) in [6.07, 6.45) is 0. The van der Waals surface area contributed by atoms with Crippen LogP contribution in [0.1, 0.15) is 0 Å². The van der Waals surface area contributed by atoms with Crippen LogP contribution in [0, 0.1) is 25.3 Å². The molecule has 7 nitrogen and oxygen atoms in total. The van der Waals surface area contributed by atoms with E-state index < -0.39 is 45.1 Å². The van der Waals surface area contributed by atoms with Crippen LogP contribution in [0.5, 0.6) is 5.88 Å². The summed E-state index contributed by atoms with van der Waals surface area (Å²) in [4.78, 5) is 26.5. The number of nitro groups is 1. The second-order valence-corrected chi connectivity index (χ2v) is 4.64. The summed E-state index contributed by atoms with van der Waals surface area (Å²) in [5.74, 6) is -4.00. The Morgan fingerprint density at radius 3 is 2.60 bits per heavy atom. The second kappa shape index (κ2) is 5.11. The smallest absolute Gasteiger partial charge is 0.305 e. The number of aromatic hydroxyl groups is 1. The zero-order valence-electron chi connectivity index (χ0n) is 9.35. The van der Waals surface area contributed by atoms with Crippen LogP contribution in [-0.2, 0) is 0 Å². The van der Waals surface area contributed by atoms with Crippen molar-refractivity contribution in [3.63, 3.8) is 0 Å². The molecule has 10 heteroatoms. The first-order chi connectivity index (χ1) is 9.32. The Bertz CT molecular complexity index is 778. The molecule has 0 atom stereocenters. The molecule has 0 aliphatic rings. The molecule has 0 aliphatic carbocycles. The van der Waals surface area contributed by atoms with E-state index in [1.807, 2.05) is 4.98 Å². The Labute approximate surface area is 122 Å². The highest BCUT2D eigenvalue weighted by atomic mass is 127. The van der Waals surface area contributed by atoms with Crippen molar-refractivity contribution in [3.05, 3.63) is 47.8 Å². The minimum Gasteiger partial charge on any atom is -0.492 e. The maximum Gasteiger partial charge on any atom is 0.305 e. The molecule has 0 radical (unpaired) electrons. The van der Waals surface area contributed by atoms with Gasteiger partial charge in [0.2, 0.25) is 11.7 Å². The number of aromatic amines is 1. The largest absolute Gasteiger partial charge is 0.492 e. The van der Waals surface area contributed by atoms with E-state index in [-0.39, 0.29) is 3.57 Å². The number of aromatic nitrogens is 2. The minimum absolute atomic E-state index is 0.169. The molecule has 0 unspecified atom stereocenters. The minimum atomic E-state index is -1.49. The fourth-order valence-electron chi connectivity index (χ4n) is 1.46. The molecule has 1 heterocycles. The third kappa shape index (κ3) is 2.33. The summed E-state index contributed by atoms with van der Waals surface area (Å²) in [7, 11) is 0. The number of nitro benzene ring substituents is 1. The average Bonchev–Trinajstić information content (AvgIpc) is 2.35. The highest BCUT2D eigenvalue weighted by molar-refractivity contribution is 14.1. The van der Waals surface area contributed by atoms with Crippen LogP contribution < -0.4 is 5.56 Å². The fourth-order valence-corrected chi connectivity index (χ4v) is 1.72. The Kier molecular flexibility index (Phi) is 3.65. The van der Waals surface area contributed by atoms with Gasteiger partial charge in [-0.25, -0.2) is 4.39 Å². The van der Waals surface area contributed by atoms with E-state index in [1.165, 1.54) is 22.6 Å². The van der Waals surface area contributed by atoms with Crippen molar-refractivity contribution in [2.75, 3.05) is 0 Å². The topological polar surface area (TPSA) is 109 Å². The maximum atomic E-state index is 13.9. The van der Waals surface area contributed by atoms with Crippen LogP contribution in [-0.4, -0.2) is 20.0 Å². The van der Waals surface area contributed by atoms with Crippen molar-refractivity contribution in [2.45, 2.75) is 0 Å². The lowest BCUT2D eigenvalue weighted by Crippen LogP contribution is -2.13. The predicted octanol–water partition coefficient (Wildman–Crippen LogP) is 1.93. The summed E-state index contributed by atoms with van der Waals surface area (Å²) in [5, 5.41) is 20.0. The van der Waals surface area contributed by atoms with Crippen LogP contribution in [0.2, 0.25) is 0 Å². The number of halogens is 3. The zero-order chi connectivity index (χ0) is 15.0. The molecule has 1 aromatic heterocycles. The van der Waals surface area contributed by atoms with E-state index >= 15 is 0 Å². The highest BCUT2D eigenvalue weighted by Crippen LogP contribution is 2.30. The molecule has 0 bridgehead atoms. The van der Waals surface area contributed by atoms with E-state index in [0.29, 0.717) is 12.1 Å². The molecule has 20 heavy (non-hydrogen) atoms. The first-order valence-corrected chi connectivity index (χ1v) is 6.02. The normalized spacial score (nSPS) is 10.6. The van der Waals surface area contributed by atoms with Gasteiger partial charge >= 0.3 is 5.69 Å². The number of rotatable bonds is 2. The van der Waals surface area contributed by atoms with Gasteiger partial charge in [-0.15, -0.1) is 0 Å². The number of H-pyrrole nitrogens is 1. The molecule has 0 fully saturated rings. The van der Waals surface area contributed by atoms with Crippen molar-refractivity contribution in [1.82, 2.24) is 9.97 Å². The first kappa shape index (κ1) is 14.3. The SMILES string of the molecule is O=c1[nH]c(-c2c(F)ccc([N+](=O)[O-])c2F)nc(O)c1I. The van der Waals surface area contributed by atoms with Crippen molar-refractivity contribution >= 4 is 28.3 Å². The highest BCUT2D eigenvalue weighted by Gasteiger charge is 2.25. The van der Waals surface area contributed by atoms with Gasteiger partial charge in [0.25, 0.3) is 5.56 Å². The van der Waals surface area contributed by atoms with Gasteiger partial charge in [0.1, 0.15) is 15.2 Å². The molecule has 104 valence electrons. The average molecular weight is 395 g/mol. The van der Waals surface area contributed by atoms with E-state index in [1.54, 1.807) is 0 Å². The van der Waals surface area contributed by atoms with Gasteiger partial charge in [-0.1, -0.05) is 0 Å². The molecule has 0 spiro atoms. The molecule has 0 saturated carbocycles.